The van der Waals surface area contributed by atoms with Crippen LogP contribution >= 0.6 is 0 Å². The maximum atomic E-state index is 13.5. The molecule has 0 amide bonds. The topological polar surface area (TPSA) is 55.6 Å². The van der Waals surface area contributed by atoms with E-state index in [2.05, 4.69) is 20.8 Å². The minimum atomic E-state index is -1.47. The third-order valence-electron chi connectivity index (χ3n) is 4.11. The molecule has 0 aliphatic heterocycles. The van der Waals surface area contributed by atoms with Crippen molar-refractivity contribution in [1.29, 1.82) is 0 Å². The van der Waals surface area contributed by atoms with Crippen LogP contribution in [0.1, 0.15) is 24.7 Å². The molecule has 128 valence electrons. The first kappa shape index (κ1) is 15.6. The Kier molecular flexibility index (Phi) is 3.87. The average molecular weight is 345 g/mol. The molecule has 0 unspecified atom stereocenters. The van der Waals surface area contributed by atoms with Crippen LogP contribution in [-0.2, 0) is 6.54 Å². The summed E-state index contributed by atoms with van der Waals surface area (Å²) in [6, 6.07) is 9.33. The van der Waals surface area contributed by atoms with Gasteiger partial charge in [0.25, 0.3) is 0 Å². The molecule has 0 radical (unpaired) electrons. The Morgan fingerprint density at radius 2 is 1.80 bits per heavy atom. The molecule has 0 spiro atoms. The Hall–Kier alpha value is -2.90. The van der Waals surface area contributed by atoms with Crippen LogP contribution in [0.5, 0.6) is 0 Å². The second kappa shape index (κ2) is 6.19. The quantitative estimate of drug-likeness (QED) is 0.717. The van der Waals surface area contributed by atoms with Crippen molar-refractivity contribution in [1.82, 2.24) is 20.2 Å². The minimum absolute atomic E-state index is 0.251. The number of rotatable bonds is 5. The number of hydrogen-bond donors (Lipinski definition) is 1. The van der Waals surface area contributed by atoms with E-state index < -0.39 is 17.5 Å². The van der Waals surface area contributed by atoms with Gasteiger partial charge in [0, 0.05) is 11.3 Å². The first-order valence-corrected chi connectivity index (χ1v) is 7.88. The monoisotopic (exact) mass is 345 g/mol. The van der Waals surface area contributed by atoms with Crippen molar-refractivity contribution in [3.8, 4) is 11.1 Å². The molecule has 0 saturated heterocycles. The Bertz CT molecular complexity index is 897. The predicted octanol–water partition coefficient (Wildman–Crippen LogP) is 3.70. The standard InChI is InChI=1S/C17H14F3N5/c18-13-7-10(8-14(19)17(13)20)12-3-1-2-4-15(12)21-9-16-22-23-24-25(16)11-5-6-11/h1-4,7-8,11,21H,5-6,9H2. The van der Waals surface area contributed by atoms with Crippen LogP contribution < -0.4 is 5.32 Å². The maximum absolute atomic E-state index is 13.5. The fourth-order valence-electron chi connectivity index (χ4n) is 2.71. The summed E-state index contributed by atoms with van der Waals surface area (Å²) < 4.78 is 42.1. The van der Waals surface area contributed by atoms with Crippen molar-refractivity contribution in [2.75, 3.05) is 5.32 Å². The van der Waals surface area contributed by atoms with E-state index >= 15 is 0 Å². The van der Waals surface area contributed by atoms with E-state index in [1.165, 1.54) is 0 Å². The van der Waals surface area contributed by atoms with E-state index in [-0.39, 0.29) is 5.56 Å². The van der Waals surface area contributed by atoms with Crippen molar-refractivity contribution in [3.05, 3.63) is 59.7 Å². The predicted molar refractivity (Wildman–Crippen MR) is 85.2 cm³/mol. The lowest BCUT2D eigenvalue weighted by Gasteiger charge is -2.12. The number of tetrazole rings is 1. The third kappa shape index (κ3) is 3.07. The Labute approximate surface area is 141 Å². The molecule has 1 aliphatic rings. The van der Waals surface area contributed by atoms with Crippen LogP contribution in [-0.4, -0.2) is 20.2 Å². The van der Waals surface area contributed by atoms with Gasteiger partial charge in [0.1, 0.15) is 0 Å². The number of nitrogens with zero attached hydrogens (tertiary/aromatic N) is 4. The number of benzene rings is 2. The van der Waals surface area contributed by atoms with Crippen molar-refractivity contribution < 1.29 is 13.2 Å². The molecule has 2 aromatic carbocycles. The highest BCUT2D eigenvalue weighted by molar-refractivity contribution is 5.77. The largest absolute Gasteiger partial charge is 0.377 e. The van der Waals surface area contributed by atoms with E-state index in [0.717, 1.165) is 25.0 Å². The van der Waals surface area contributed by atoms with E-state index in [0.29, 0.717) is 29.7 Å². The fourth-order valence-corrected chi connectivity index (χ4v) is 2.71. The van der Waals surface area contributed by atoms with Gasteiger partial charge in [0.15, 0.2) is 23.3 Å². The van der Waals surface area contributed by atoms with Gasteiger partial charge >= 0.3 is 0 Å². The first-order chi connectivity index (χ1) is 12.1. The number of hydrogen-bond acceptors (Lipinski definition) is 4. The Morgan fingerprint density at radius 3 is 2.52 bits per heavy atom. The number of anilines is 1. The maximum Gasteiger partial charge on any atom is 0.194 e. The highest BCUT2D eigenvalue weighted by Crippen LogP contribution is 2.35. The van der Waals surface area contributed by atoms with Crippen LogP contribution in [0.25, 0.3) is 11.1 Å². The molecule has 3 aromatic rings. The molecule has 1 fully saturated rings. The Morgan fingerprint density at radius 1 is 1.08 bits per heavy atom. The number of halogens is 3. The SMILES string of the molecule is Fc1cc(-c2ccccc2NCc2nnnn2C2CC2)cc(F)c1F. The van der Waals surface area contributed by atoms with Crippen LogP contribution in [0.4, 0.5) is 18.9 Å². The molecule has 1 aromatic heterocycles. The highest BCUT2D eigenvalue weighted by Gasteiger charge is 2.27. The lowest BCUT2D eigenvalue weighted by atomic mass is 10.0. The third-order valence-corrected chi connectivity index (χ3v) is 4.11. The molecule has 5 nitrogen and oxygen atoms in total. The van der Waals surface area contributed by atoms with Gasteiger partial charge < -0.3 is 5.32 Å². The number of para-hydroxylation sites is 1. The normalized spacial score (nSPS) is 13.9. The summed E-state index contributed by atoms with van der Waals surface area (Å²) in [6.07, 6.45) is 2.12. The zero-order chi connectivity index (χ0) is 17.4. The second-order valence-electron chi connectivity index (χ2n) is 5.92. The van der Waals surface area contributed by atoms with Gasteiger partial charge in [-0.1, -0.05) is 18.2 Å². The van der Waals surface area contributed by atoms with Crippen LogP contribution in [0.15, 0.2) is 36.4 Å². The molecule has 1 N–H and O–H groups in total. The summed E-state index contributed by atoms with van der Waals surface area (Å²) in [4.78, 5) is 0. The van der Waals surface area contributed by atoms with Gasteiger partial charge in [0.05, 0.1) is 12.6 Å². The van der Waals surface area contributed by atoms with Crippen LogP contribution in [0, 0.1) is 17.5 Å². The van der Waals surface area contributed by atoms with E-state index in [4.69, 9.17) is 0 Å². The van der Waals surface area contributed by atoms with Crippen molar-refractivity contribution in [2.24, 2.45) is 0 Å². The summed E-state index contributed by atoms with van der Waals surface area (Å²) in [5, 5.41) is 14.9. The molecule has 0 bridgehead atoms. The zero-order valence-corrected chi connectivity index (χ0v) is 13.1. The minimum Gasteiger partial charge on any atom is -0.377 e. The van der Waals surface area contributed by atoms with Crippen LogP contribution in [0.2, 0.25) is 0 Å². The molecule has 0 atom stereocenters. The van der Waals surface area contributed by atoms with Crippen molar-refractivity contribution in [3.63, 3.8) is 0 Å². The molecular formula is C17H14F3N5. The molecule has 1 aliphatic carbocycles. The van der Waals surface area contributed by atoms with E-state index in [9.17, 15) is 13.2 Å². The molecule has 4 rings (SSSR count). The van der Waals surface area contributed by atoms with Gasteiger partial charge in [-0.25, -0.2) is 17.9 Å². The van der Waals surface area contributed by atoms with Crippen molar-refractivity contribution >= 4 is 5.69 Å². The fraction of sp³-hybridized carbons (Fsp3) is 0.235. The summed E-state index contributed by atoms with van der Waals surface area (Å²) in [7, 11) is 0. The summed E-state index contributed by atoms with van der Waals surface area (Å²) >= 11 is 0. The second-order valence-corrected chi connectivity index (χ2v) is 5.92. The smallest absolute Gasteiger partial charge is 0.194 e. The van der Waals surface area contributed by atoms with Crippen molar-refractivity contribution in [2.45, 2.75) is 25.4 Å². The molecule has 8 heteroatoms. The summed E-state index contributed by atoms with van der Waals surface area (Å²) in [5.41, 5.74) is 1.46. The average Bonchev–Trinajstić information content (AvgIpc) is 3.36. The Balaban J connectivity index is 1.62. The first-order valence-electron chi connectivity index (χ1n) is 7.88. The zero-order valence-electron chi connectivity index (χ0n) is 13.1. The lowest BCUT2D eigenvalue weighted by molar-refractivity contribution is 0.448. The molecule has 1 heterocycles. The molecule has 1 saturated carbocycles. The van der Waals surface area contributed by atoms with Gasteiger partial charge in [-0.2, -0.15) is 0 Å². The summed E-state index contributed by atoms with van der Waals surface area (Å²) in [6.45, 7) is 0.368. The van der Waals surface area contributed by atoms with E-state index in [1.807, 2.05) is 0 Å². The van der Waals surface area contributed by atoms with Gasteiger partial charge in [-0.05, 0) is 47.0 Å². The highest BCUT2D eigenvalue weighted by atomic mass is 19.2. The number of aromatic nitrogens is 4. The van der Waals surface area contributed by atoms with Gasteiger partial charge in [-0.15, -0.1) is 5.10 Å². The number of nitrogens with one attached hydrogen (secondary N) is 1. The van der Waals surface area contributed by atoms with Gasteiger partial charge in [0.2, 0.25) is 0 Å². The van der Waals surface area contributed by atoms with Crippen LogP contribution in [0.3, 0.4) is 0 Å². The van der Waals surface area contributed by atoms with E-state index in [1.54, 1.807) is 28.9 Å². The molecular weight excluding hydrogens is 331 g/mol. The summed E-state index contributed by atoms with van der Waals surface area (Å²) in [5.74, 6) is -3.23. The molecule has 25 heavy (non-hydrogen) atoms. The lowest BCUT2D eigenvalue weighted by Crippen LogP contribution is -2.09. The van der Waals surface area contributed by atoms with Gasteiger partial charge in [-0.3, -0.25) is 0 Å².